The number of rotatable bonds is 7. The van der Waals surface area contributed by atoms with Gasteiger partial charge in [0.15, 0.2) is 17.5 Å². The Labute approximate surface area is 196 Å². The van der Waals surface area contributed by atoms with E-state index in [0.717, 1.165) is 44.1 Å². The molecule has 3 N–H and O–H groups in total. The number of phenols is 1. The molecule has 0 saturated carbocycles. The van der Waals surface area contributed by atoms with Gasteiger partial charge in [-0.15, -0.1) is 24.0 Å². The van der Waals surface area contributed by atoms with Crippen LogP contribution in [-0.2, 0) is 13.1 Å². The summed E-state index contributed by atoms with van der Waals surface area (Å²) >= 11 is 0. The highest BCUT2D eigenvalue weighted by Crippen LogP contribution is 2.26. The molecule has 30 heavy (non-hydrogen) atoms. The van der Waals surface area contributed by atoms with E-state index >= 15 is 0 Å². The topological polar surface area (TPSA) is 69.1 Å². The van der Waals surface area contributed by atoms with Crippen molar-refractivity contribution in [3.8, 4) is 11.5 Å². The number of hydrogen-bond acceptors (Lipinski definition) is 4. The molecule has 6 nitrogen and oxygen atoms in total. The number of benzene rings is 2. The summed E-state index contributed by atoms with van der Waals surface area (Å²) in [4.78, 5) is 7.21. The Bertz CT molecular complexity index is 801. The Kier molecular flexibility index (Phi) is 10.2. The molecule has 1 atom stereocenters. The van der Waals surface area contributed by atoms with Gasteiger partial charge in [0.05, 0.1) is 13.7 Å². The second-order valence-corrected chi connectivity index (χ2v) is 7.41. The summed E-state index contributed by atoms with van der Waals surface area (Å²) in [6.07, 6.45) is 2.31. The van der Waals surface area contributed by atoms with Crippen LogP contribution in [0.3, 0.4) is 0 Å². The van der Waals surface area contributed by atoms with E-state index in [4.69, 9.17) is 9.73 Å². The van der Waals surface area contributed by atoms with Gasteiger partial charge in [0, 0.05) is 25.7 Å². The minimum Gasteiger partial charge on any atom is -0.504 e. The molecule has 0 bridgehead atoms. The highest BCUT2D eigenvalue weighted by atomic mass is 127. The van der Waals surface area contributed by atoms with Crippen molar-refractivity contribution in [3.63, 3.8) is 0 Å². The van der Waals surface area contributed by atoms with Crippen molar-refractivity contribution in [3.05, 3.63) is 59.7 Å². The van der Waals surface area contributed by atoms with Crippen molar-refractivity contribution in [2.24, 2.45) is 4.99 Å². The van der Waals surface area contributed by atoms with Crippen molar-refractivity contribution in [1.29, 1.82) is 0 Å². The summed E-state index contributed by atoms with van der Waals surface area (Å²) < 4.78 is 5.10. The fourth-order valence-electron chi connectivity index (χ4n) is 3.68. The first-order valence-corrected chi connectivity index (χ1v) is 10.3. The smallest absolute Gasteiger partial charge is 0.191 e. The second kappa shape index (κ2) is 12.6. The molecule has 1 aliphatic rings. The van der Waals surface area contributed by atoms with Gasteiger partial charge in [0.1, 0.15) is 0 Å². The van der Waals surface area contributed by atoms with Crippen molar-refractivity contribution >= 4 is 29.9 Å². The third-order valence-electron chi connectivity index (χ3n) is 5.10. The van der Waals surface area contributed by atoms with E-state index in [1.807, 2.05) is 6.07 Å². The van der Waals surface area contributed by atoms with Gasteiger partial charge in [-0.1, -0.05) is 36.4 Å². The van der Waals surface area contributed by atoms with Crippen molar-refractivity contribution in [2.75, 3.05) is 26.7 Å². The maximum atomic E-state index is 9.96. The molecule has 7 heteroatoms. The van der Waals surface area contributed by atoms with E-state index in [2.05, 4.69) is 52.8 Å². The predicted molar refractivity (Wildman–Crippen MR) is 133 cm³/mol. The van der Waals surface area contributed by atoms with Crippen LogP contribution in [0.15, 0.2) is 53.5 Å². The molecule has 2 aromatic rings. The molecular weight excluding hydrogens is 491 g/mol. The number of guanidine groups is 1. The average molecular weight is 524 g/mol. The molecule has 0 spiro atoms. The first kappa shape index (κ1) is 24.3. The van der Waals surface area contributed by atoms with Crippen LogP contribution in [0.5, 0.6) is 11.5 Å². The molecule has 1 fully saturated rings. The van der Waals surface area contributed by atoms with E-state index < -0.39 is 0 Å². The maximum absolute atomic E-state index is 9.96. The fraction of sp³-hybridized carbons (Fsp3) is 0.435. The summed E-state index contributed by atoms with van der Waals surface area (Å²) in [5.41, 5.74) is 2.29. The van der Waals surface area contributed by atoms with Crippen LogP contribution in [0, 0.1) is 0 Å². The van der Waals surface area contributed by atoms with Gasteiger partial charge in [0.2, 0.25) is 0 Å². The molecule has 1 aliphatic heterocycles. The van der Waals surface area contributed by atoms with E-state index in [1.165, 1.54) is 12.0 Å². The number of nitrogens with one attached hydrogen (secondary N) is 2. The van der Waals surface area contributed by atoms with E-state index in [0.29, 0.717) is 18.3 Å². The lowest BCUT2D eigenvalue weighted by Crippen LogP contribution is -2.50. The zero-order valence-electron chi connectivity index (χ0n) is 17.8. The molecule has 1 heterocycles. The van der Waals surface area contributed by atoms with Crippen LogP contribution in [0.2, 0.25) is 0 Å². The minimum absolute atomic E-state index is 0. The van der Waals surface area contributed by atoms with Gasteiger partial charge in [-0.25, -0.2) is 4.99 Å². The third kappa shape index (κ3) is 7.36. The zero-order valence-corrected chi connectivity index (χ0v) is 20.1. The Morgan fingerprint density at radius 1 is 1.20 bits per heavy atom. The molecule has 0 radical (unpaired) electrons. The summed E-state index contributed by atoms with van der Waals surface area (Å²) in [6, 6.07) is 16.4. The third-order valence-corrected chi connectivity index (χ3v) is 5.10. The molecule has 0 aliphatic carbocycles. The normalized spacial score (nSPS) is 17.1. The zero-order chi connectivity index (χ0) is 20.5. The molecule has 3 rings (SSSR count). The standard InChI is InChI=1S/C23H32N4O2.HI/c1-3-24-23(25-15-19-11-12-22(29-2)21(28)14-19)26-20-10-7-13-27(17-20)16-18-8-5-4-6-9-18;/h4-6,8-9,11-12,14,20,28H,3,7,10,13,15-17H2,1-2H3,(H2,24,25,26);1H. The highest BCUT2D eigenvalue weighted by molar-refractivity contribution is 14.0. The van der Waals surface area contributed by atoms with Crippen LogP contribution in [0.4, 0.5) is 0 Å². The first-order chi connectivity index (χ1) is 14.2. The summed E-state index contributed by atoms with van der Waals surface area (Å²) in [5.74, 6) is 1.43. The second-order valence-electron chi connectivity index (χ2n) is 7.41. The van der Waals surface area contributed by atoms with Crippen molar-refractivity contribution in [1.82, 2.24) is 15.5 Å². The number of ether oxygens (including phenoxy) is 1. The van der Waals surface area contributed by atoms with E-state index in [-0.39, 0.29) is 29.7 Å². The number of hydrogen-bond donors (Lipinski definition) is 3. The average Bonchev–Trinajstić information content (AvgIpc) is 2.73. The number of aliphatic imine (C=N–C) groups is 1. The number of aromatic hydroxyl groups is 1. The van der Waals surface area contributed by atoms with Crippen molar-refractivity contribution < 1.29 is 9.84 Å². The lowest BCUT2D eigenvalue weighted by Gasteiger charge is -2.34. The van der Waals surface area contributed by atoms with E-state index in [9.17, 15) is 5.11 Å². The number of halogens is 1. The Morgan fingerprint density at radius 2 is 2.00 bits per heavy atom. The van der Waals surface area contributed by atoms with Crippen LogP contribution >= 0.6 is 24.0 Å². The highest BCUT2D eigenvalue weighted by Gasteiger charge is 2.20. The molecular formula is C23H33IN4O2. The van der Waals surface area contributed by atoms with Gasteiger partial charge in [-0.2, -0.15) is 0 Å². The summed E-state index contributed by atoms with van der Waals surface area (Å²) in [7, 11) is 1.55. The number of piperidine rings is 1. The Morgan fingerprint density at radius 3 is 2.70 bits per heavy atom. The van der Waals surface area contributed by atoms with Crippen molar-refractivity contribution in [2.45, 2.75) is 38.9 Å². The monoisotopic (exact) mass is 524 g/mol. The predicted octanol–water partition coefficient (Wildman–Crippen LogP) is 3.74. The number of phenolic OH excluding ortho intramolecular Hbond substituents is 1. The fourth-order valence-corrected chi connectivity index (χ4v) is 3.68. The SMILES string of the molecule is CCNC(=NCc1ccc(OC)c(O)c1)NC1CCCN(Cc2ccccc2)C1.I. The molecule has 164 valence electrons. The van der Waals surface area contributed by atoms with Gasteiger partial charge in [-0.3, -0.25) is 4.90 Å². The lowest BCUT2D eigenvalue weighted by atomic mass is 10.0. The summed E-state index contributed by atoms with van der Waals surface area (Å²) in [6.45, 7) is 6.48. The van der Waals surface area contributed by atoms with E-state index in [1.54, 1.807) is 19.2 Å². The van der Waals surface area contributed by atoms with Gasteiger partial charge < -0.3 is 20.5 Å². The van der Waals surface area contributed by atoms with Gasteiger partial charge in [0.25, 0.3) is 0 Å². The number of nitrogens with zero attached hydrogens (tertiary/aromatic N) is 2. The quantitative estimate of drug-likeness (QED) is 0.293. The van der Waals surface area contributed by atoms with Crippen LogP contribution < -0.4 is 15.4 Å². The Hall–Kier alpha value is -2.00. The maximum Gasteiger partial charge on any atom is 0.191 e. The molecule has 0 aromatic heterocycles. The molecule has 1 unspecified atom stereocenters. The lowest BCUT2D eigenvalue weighted by molar-refractivity contribution is 0.192. The van der Waals surface area contributed by atoms with Gasteiger partial charge in [-0.05, 0) is 49.6 Å². The van der Waals surface area contributed by atoms with Crippen LogP contribution in [0.25, 0.3) is 0 Å². The molecule has 0 amide bonds. The molecule has 2 aromatic carbocycles. The van der Waals surface area contributed by atoms with Gasteiger partial charge >= 0.3 is 0 Å². The summed E-state index contributed by atoms with van der Waals surface area (Å²) in [5, 5.41) is 16.9. The number of likely N-dealkylation sites (tertiary alicyclic amines) is 1. The minimum atomic E-state index is 0. The van der Waals surface area contributed by atoms with Crippen LogP contribution in [0.1, 0.15) is 30.9 Å². The number of methoxy groups -OCH3 is 1. The first-order valence-electron chi connectivity index (χ1n) is 10.3. The largest absolute Gasteiger partial charge is 0.504 e. The molecule has 1 saturated heterocycles. The van der Waals surface area contributed by atoms with Crippen LogP contribution in [-0.4, -0.2) is 48.8 Å². The Balaban J connectivity index is 0.00000320.